The molecule has 0 aromatic rings. The summed E-state index contributed by atoms with van der Waals surface area (Å²) in [6.07, 6.45) is 12.1. The molecule has 3 heteroatoms. The lowest BCUT2D eigenvalue weighted by Gasteiger charge is -2.34. The number of nitrogens with two attached hydrogens (primary N) is 1. The third-order valence-corrected chi connectivity index (χ3v) is 4.78. The van der Waals surface area contributed by atoms with Crippen LogP contribution in [0.1, 0.15) is 64.7 Å². The van der Waals surface area contributed by atoms with Gasteiger partial charge in [-0.15, -0.1) is 0 Å². The van der Waals surface area contributed by atoms with E-state index in [1.54, 1.807) is 0 Å². The van der Waals surface area contributed by atoms with Gasteiger partial charge in [0, 0.05) is 6.54 Å². The maximum absolute atomic E-state index is 6.47. The molecule has 0 aromatic heterocycles. The number of nitrogens with zero attached hydrogens (tertiary/aromatic N) is 1. The highest BCUT2D eigenvalue weighted by Gasteiger charge is 2.40. The van der Waals surface area contributed by atoms with E-state index in [0.29, 0.717) is 6.10 Å². The Bertz CT molecular complexity index is 251. The van der Waals surface area contributed by atoms with Crippen LogP contribution < -0.4 is 5.73 Å². The van der Waals surface area contributed by atoms with E-state index in [4.69, 9.17) is 10.5 Å². The fraction of sp³-hybridized carbons (Fsp3) is 1.00. The van der Waals surface area contributed by atoms with E-state index in [0.717, 1.165) is 26.1 Å². The van der Waals surface area contributed by atoms with Crippen molar-refractivity contribution in [3.05, 3.63) is 0 Å². The Labute approximate surface area is 118 Å². The lowest BCUT2D eigenvalue weighted by atomic mass is 9.83. The third kappa shape index (κ3) is 4.44. The molecule has 0 amide bonds. The largest absolute Gasteiger partial charge is 0.370 e. The van der Waals surface area contributed by atoms with Crippen LogP contribution in [0.15, 0.2) is 0 Å². The zero-order valence-corrected chi connectivity index (χ0v) is 12.7. The van der Waals surface area contributed by atoms with E-state index >= 15 is 0 Å². The van der Waals surface area contributed by atoms with E-state index in [1.165, 1.54) is 57.9 Å². The molecule has 1 aliphatic heterocycles. The van der Waals surface area contributed by atoms with E-state index in [-0.39, 0.29) is 5.60 Å². The molecule has 0 bridgehead atoms. The van der Waals surface area contributed by atoms with Crippen LogP contribution in [0.2, 0.25) is 0 Å². The predicted octanol–water partition coefficient (Wildman–Crippen LogP) is 2.93. The van der Waals surface area contributed by atoms with E-state index < -0.39 is 0 Å². The van der Waals surface area contributed by atoms with Gasteiger partial charge in [0.25, 0.3) is 0 Å². The van der Waals surface area contributed by atoms with Crippen molar-refractivity contribution in [2.24, 2.45) is 5.73 Å². The van der Waals surface area contributed by atoms with Gasteiger partial charge in [-0.3, -0.25) is 0 Å². The molecule has 1 unspecified atom stereocenters. The summed E-state index contributed by atoms with van der Waals surface area (Å²) in [7, 11) is 0. The molecule has 2 rings (SSSR count). The molecule has 2 aliphatic rings. The number of hydrogen-bond donors (Lipinski definition) is 1. The molecule has 112 valence electrons. The first kappa shape index (κ1) is 15.3. The second-order valence-electron chi connectivity index (χ2n) is 6.47. The minimum Gasteiger partial charge on any atom is -0.370 e. The maximum Gasteiger partial charge on any atom is 0.0710 e. The second-order valence-corrected chi connectivity index (χ2v) is 6.47. The summed E-state index contributed by atoms with van der Waals surface area (Å²) in [6.45, 7) is 6.50. The van der Waals surface area contributed by atoms with Crippen LogP contribution in [0.3, 0.4) is 0 Å². The van der Waals surface area contributed by atoms with E-state index in [1.807, 2.05) is 0 Å². The summed E-state index contributed by atoms with van der Waals surface area (Å²) in [5, 5.41) is 0. The molecule has 1 spiro atoms. The fourth-order valence-electron chi connectivity index (χ4n) is 3.80. The first-order valence-corrected chi connectivity index (χ1v) is 8.38. The van der Waals surface area contributed by atoms with Gasteiger partial charge in [-0.1, -0.05) is 26.2 Å². The van der Waals surface area contributed by atoms with Gasteiger partial charge in [0.05, 0.1) is 11.7 Å². The van der Waals surface area contributed by atoms with Gasteiger partial charge in [0.15, 0.2) is 0 Å². The van der Waals surface area contributed by atoms with Crippen molar-refractivity contribution < 1.29 is 4.74 Å². The van der Waals surface area contributed by atoms with Crippen LogP contribution in [-0.4, -0.2) is 42.8 Å². The topological polar surface area (TPSA) is 38.5 Å². The van der Waals surface area contributed by atoms with Crippen molar-refractivity contribution >= 4 is 0 Å². The summed E-state index contributed by atoms with van der Waals surface area (Å²) in [5.41, 5.74) is 5.91. The summed E-state index contributed by atoms with van der Waals surface area (Å²) in [6, 6.07) is 0. The van der Waals surface area contributed by atoms with E-state index in [2.05, 4.69) is 11.8 Å². The standard InChI is InChI=1S/C16H32N2O/c1-2-12-18(13-6-11-17)14-15-7-10-16(19-15)8-4-3-5-9-16/h15H,2-14,17H2,1H3. The van der Waals surface area contributed by atoms with Gasteiger partial charge in [0.2, 0.25) is 0 Å². The minimum atomic E-state index is 0.272. The lowest BCUT2D eigenvalue weighted by Crippen LogP contribution is -2.37. The van der Waals surface area contributed by atoms with Crippen LogP contribution in [0.25, 0.3) is 0 Å². The van der Waals surface area contributed by atoms with Crippen molar-refractivity contribution in [2.45, 2.75) is 76.4 Å². The predicted molar refractivity (Wildman–Crippen MR) is 80.3 cm³/mol. The molecular formula is C16H32N2O. The van der Waals surface area contributed by atoms with Gasteiger partial charge in [-0.2, -0.15) is 0 Å². The van der Waals surface area contributed by atoms with Crippen molar-refractivity contribution in [1.82, 2.24) is 4.90 Å². The van der Waals surface area contributed by atoms with E-state index in [9.17, 15) is 0 Å². The average Bonchev–Trinajstić information content (AvgIpc) is 2.80. The quantitative estimate of drug-likeness (QED) is 0.771. The molecule has 2 fully saturated rings. The molecule has 1 heterocycles. The molecule has 1 aliphatic carbocycles. The molecule has 1 atom stereocenters. The molecule has 3 nitrogen and oxygen atoms in total. The number of rotatable bonds is 7. The number of ether oxygens (including phenoxy) is 1. The Morgan fingerprint density at radius 1 is 1.16 bits per heavy atom. The number of hydrogen-bond acceptors (Lipinski definition) is 3. The monoisotopic (exact) mass is 268 g/mol. The van der Waals surface area contributed by atoms with Crippen LogP contribution in [-0.2, 0) is 4.74 Å². The van der Waals surface area contributed by atoms with Crippen LogP contribution in [0, 0.1) is 0 Å². The van der Waals surface area contributed by atoms with Crippen molar-refractivity contribution in [3.63, 3.8) is 0 Å². The third-order valence-electron chi connectivity index (χ3n) is 4.78. The van der Waals surface area contributed by atoms with Gasteiger partial charge in [-0.05, 0) is 58.2 Å². The van der Waals surface area contributed by atoms with Crippen LogP contribution >= 0.6 is 0 Å². The molecule has 2 N–H and O–H groups in total. The van der Waals surface area contributed by atoms with Crippen LogP contribution in [0.4, 0.5) is 0 Å². The van der Waals surface area contributed by atoms with Gasteiger partial charge < -0.3 is 15.4 Å². The molecule has 19 heavy (non-hydrogen) atoms. The second kappa shape index (κ2) is 7.61. The van der Waals surface area contributed by atoms with Gasteiger partial charge in [0.1, 0.15) is 0 Å². The first-order chi connectivity index (χ1) is 9.28. The Morgan fingerprint density at radius 2 is 1.95 bits per heavy atom. The molecule has 1 saturated carbocycles. The average molecular weight is 268 g/mol. The van der Waals surface area contributed by atoms with Crippen molar-refractivity contribution in [1.29, 1.82) is 0 Å². The molecule has 0 radical (unpaired) electrons. The minimum absolute atomic E-state index is 0.272. The van der Waals surface area contributed by atoms with Crippen LogP contribution in [0.5, 0.6) is 0 Å². The zero-order valence-electron chi connectivity index (χ0n) is 12.7. The smallest absolute Gasteiger partial charge is 0.0710 e. The summed E-state index contributed by atoms with van der Waals surface area (Å²) in [4.78, 5) is 2.55. The Balaban J connectivity index is 1.78. The Kier molecular flexibility index (Phi) is 6.11. The van der Waals surface area contributed by atoms with Crippen molar-refractivity contribution in [2.75, 3.05) is 26.2 Å². The summed E-state index contributed by atoms with van der Waals surface area (Å²) < 4.78 is 6.47. The maximum atomic E-state index is 6.47. The Hall–Kier alpha value is -0.120. The van der Waals surface area contributed by atoms with Gasteiger partial charge >= 0.3 is 0 Å². The zero-order chi connectivity index (χ0) is 13.6. The molecule has 1 saturated heterocycles. The summed E-state index contributed by atoms with van der Waals surface area (Å²) >= 11 is 0. The SMILES string of the molecule is CCCN(CCCN)CC1CCC2(CCCCC2)O1. The first-order valence-electron chi connectivity index (χ1n) is 8.38. The molecule has 0 aromatic carbocycles. The normalized spacial score (nSPS) is 26.4. The highest BCUT2D eigenvalue weighted by molar-refractivity contribution is 4.92. The molecular weight excluding hydrogens is 236 g/mol. The Morgan fingerprint density at radius 3 is 2.63 bits per heavy atom. The highest BCUT2D eigenvalue weighted by Crippen LogP contribution is 2.41. The fourth-order valence-corrected chi connectivity index (χ4v) is 3.80. The highest BCUT2D eigenvalue weighted by atomic mass is 16.5. The van der Waals surface area contributed by atoms with Crippen molar-refractivity contribution in [3.8, 4) is 0 Å². The lowest BCUT2D eigenvalue weighted by molar-refractivity contribution is -0.0718. The summed E-state index contributed by atoms with van der Waals surface area (Å²) in [5.74, 6) is 0. The van der Waals surface area contributed by atoms with Gasteiger partial charge in [-0.25, -0.2) is 0 Å².